The summed E-state index contributed by atoms with van der Waals surface area (Å²) < 4.78 is 15.4. The molecule has 0 atom stereocenters. The maximum Gasteiger partial charge on any atom is 0.165 e. The van der Waals surface area contributed by atoms with E-state index < -0.39 is 0 Å². The zero-order valence-corrected chi connectivity index (χ0v) is 10.5. The van der Waals surface area contributed by atoms with Crippen LogP contribution in [0, 0.1) is 0 Å². The van der Waals surface area contributed by atoms with Gasteiger partial charge in [-0.1, -0.05) is 12.1 Å². The summed E-state index contributed by atoms with van der Waals surface area (Å²) >= 11 is 0. The predicted octanol–water partition coefficient (Wildman–Crippen LogP) is 1.37. The summed E-state index contributed by atoms with van der Waals surface area (Å²) in [5.74, 6) is 1.43. The molecular weight excluding hydrogens is 222 g/mol. The van der Waals surface area contributed by atoms with Crippen LogP contribution in [-0.2, 0) is 16.1 Å². The van der Waals surface area contributed by atoms with Gasteiger partial charge in [0.25, 0.3) is 0 Å². The van der Waals surface area contributed by atoms with E-state index in [0.29, 0.717) is 25.5 Å². The number of hydrogen-bond donors (Lipinski definition) is 1. The fourth-order valence-electron chi connectivity index (χ4n) is 1.42. The van der Waals surface area contributed by atoms with Crippen LogP contribution in [0.5, 0.6) is 11.5 Å². The molecule has 0 radical (unpaired) electrons. The molecular formula is C12H19NO4. The van der Waals surface area contributed by atoms with Crippen molar-refractivity contribution in [3.63, 3.8) is 0 Å². The largest absolute Gasteiger partial charge is 0.493 e. The highest BCUT2D eigenvalue weighted by Crippen LogP contribution is 2.30. The Bertz CT molecular complexity index is 330. The van der Waals surface area contributed by atoms with Crippen molar-refractivity contribution in [2.24, 2.45) is 0 Å². The zero-order valence-electron chi connectivity index (χ0n) is 10.5. The maximum absolute atomic E-state index is 5.30. The molecule has 1 aromatic rings. The SMILES string of the molecule is COCCONCc1cccc(OC)c1OC. The normalized spacial score (nSPS) is 10.3. The first-order chi connectivity index (χ1) is 8.33. The Labute approximate surface area is 102 Å². The minimum atomic E-state index is 0.503. The van der Waals surface area contributed by atoms with Gasteiger partial charge in [0.05, 0.1) is 27.4 Å². The van der Waals surface area contributed by atoms with Crippen LogP contribution in [0.4, 0.5) is 0 Å². The molecule has 0 saturated carbocycles. The van der Waals surface area contributed by atoms with Crippen molar-refractivity contribution in [2.45, 2.75) is 6.54 Å². The van der Waals surface area contributed by atoms with Gasteiger partial charge in [-0.05, 0) is 6.07 Å². The van der Waals surface area contributed by atoms with Gasteiger partial charge in [-0.15, -0.1) is 0 Å². The second-order valence-electron chi connectivity index (χ2n) is 3.32. The van der Waals surface area contributed by atoms with Gasteiger partial charge in [0.2, 0.25) is 0 Å². The van der Waals surface area contributed by atoms with Gasteiger partial charge in [0, 0.05) is 19.2 Å². The lowest BCUT2D eigenvalue weighted by Crippen LogP contribution is -2.17. The Morgan fingerprint density at radius 2 is 1.88 bits per heavy atom. The van der Waals surface area contributed by atoms with Crippen LogP contribution in [0.3, 0.4) is 0 Å². The molecule has 1 N–H and O–H groups in total. The molecule has 17 heavy (non-hydrogen) atoms. The third-order valence-electron chi connectivity index (χ3n) is 2.24. The van der Waals surface area contributed by atoms with Crippen molar-refractivity contribution in [2.75, 3.05) is 34.5 Å². The molecule has 5 heteroatoms. The standard InChI is InChI=1S/C12H19NO4/c1-14-7-8-17-13-9-10-5-4-6-11(15-2)12(10)16-3/h4-6,13H,7-9H2,1-3H3. The van der Waals surface area contributed by atoms with Crippen LogP contribution in [0.15, 0.2) is 18.2 Å². The van der Waals surface area contributed by atoms with E-state index in [9.17, 15) is 0 Å². The number of benzene rings is 1. The summed E-state index contributed by atoms with van der Waals surface area (Å²) in [6, 6.07) is 5.72. The molecule has 0 amide bonds. The molecule has 0 spiro atoms. The Hall–Kier alpha value is -1.30. The van der Waals surface area contributed by atoms with E-state index >= 15 is 0 Å². The van der Waals surface area contributed by atoms with Crippen molar-refractivity contribution in [1.82, 2.24) is 5.48 Å². The number of rotatable bonds is 8. The molecule has 0 fully saturated rings. The average Bonchev–Trinajstić information content (AvgIpc) is 2.38. The van der Waals surface area contributed by atoms with Gasteiger partial charge in [-0.25, -0.2) is 0 Å². The molecule has 0 aliphatic rings. The van der Waals surface area contributed by atoms with Crippen molar-refractivity contribution < 1.29 is 19.0 Å². The lowest BCUT2D eigenvalue weighted by molar-refractivity contribution is 0.00319. The first kappa shape index (κ1) is 13.8. The molecule has 1 rings (SSSR count). The van der Waals surface area contributed by atoms with Crippen molar-refractivity contribution >= 4 is 0 Å². The van der Waals surface area contributed by atoms with Crippen molar-refractivity contribution in [3.05, 3.63) is 23.8 Å². The molecule has 0 bridgehead atoms. The summed E-state index contributed by atoms with van der Waals surface area (Å²) in [6.45, 7) is 1.61. The van der Waals surface area contributed by atoms with Crippen LogP contribution in [-0.4, -0.2) is 34.5 Å². The summed E-state index contributed by atoms with van der Waals surface area (Å²) in [5.41, 5.74) is 3.82. The van der Waals surface area contributed by atoms with Gasteiger partial charge in [0.1, 0.15) is 0 Å². The highest BCUT2D eigenvalue weighted by atomic mass is 16.7. The van der Waals surface area contributed by atoms with E-state index in [0.717, 1.165) is 11.3 Å². The number of nitrogens with one attached hydrogen (secondary N) is 1. The molecule has 0 unspecified atom stereocenters. The van der Waals surface area contributed by atoms with Crippen LogP contribution < -0.4 is 15.0 Å². The summed E-state index contributed by atoms with van der Waals surface area (Å²) in [6.07, 6.45) is 0. The predicted molar refractivity (Wildman–Crippen MR) is 64.2 cm³/mol. The first-order valence-corrected chi connectivity index (χ1v) is 5.37. The second-order valence-corrected chi connectivity index (χ2v) is 3.32. The smallest absolute Gasteiger partial charge is 0.165 e. The first-order valence-electron chi connectivity index (χ1n) is 5.37. The Kier molecular flexibility index (Phi) is 6.39. The number of ether oxygens (including phenoxy) is 3. The lowest BCUT2D eigenvalue weighted by Gasteiger charge is -2.13. The van der Waals surface area contributed by atoms with Gasteiger partial charge in [0.15, 0.2) is 11.5 Å². The Morgan fingerprint density at radius 1 is 1.06 bits per heavy atom. The fourth-order valence-corrected chi connectivity index (χ4v) is 1.42. The van der Waals surface area contributed by atoms with E-state index in [1.807, 2.05) is 18.2 Å². The van der Waals surface area contributed by atoms with E-state index in [4.69, 9.17) is 19.0 Å². The highest BCUT2D eigenvalue weighted by Gasteiger charge is 2.08. The summed E-state index contributed by atoms with van der Waals surface area (Å²) in [4.78, 5) is 5.18. The van der Waals surface area contributed by atoms with Gasteiger partial charge in [-0.2, -0.15) is 5.48 Å². The van der Waals surface area contributed by atoms with Gasteiger partial charge in [-0.3, -0.25) is 4.84 Å². The van der Waals surface area contributed by atoms with E-state index in [2.05, 4.69) is 5.48 Å². The van der Waals surface area contributed by atoms with Gasteiger partial charge < -0.3 is 14.2 Å². The summed E-state index contributed by atoms with van der Waals surface area (Å²) in [7, 11) is 4.87. The quantitative estimate of drug-likeness (QED) is 0.550. The molecule has 96 valence electrons. The van der Waals surface area contributed by atoms with Crippen LogP contribution in [0.1, 0.15) is 5.56 Å². The molecule has 0 aliphatic heterocycles. The number of methoxy groups -OCH3 is 3. The van der Waals surface area contributed by atoms with Crippen LogP contribution in [0.25, 0.3) is 0 Å². The fraction of sp³-hybridized carbons (Fsp3) is 0.500. The topological polar surface area (TPSA) is 49.0 Å². The lowest BCUT2D eigenvalue weighted by atomic mass is 10.2. The summed E-state index contributed by atoms with van der Waals surface area (Å²) in [5, 5.41) is 0. The Morgan fingerprint density at radius 3 is 2.53 bits per heavy atom. The van der Waals surface area contributed by atoms with Crippen molar-refractivity contribution in [1.29, 1.82) is 0 Å². The van der Waals surface area contributed by atoms with E-state index in [1.54, 1.807) is 21.3 Å². The van der Waals surface area contributed by atoms with Crippen LogP contribution in [0.2, 0.25) is 0 Å². The number of hydrogen-bond acceptors (Lipinski definition) is 5. The molecule has 1 aromatic carbocycles. The zero-order chi connectivity index (χ0) is 12.5. The van der Waals surface area contributed by atoms with Crippen molar-refractivity contribution in [3.8, 4) is 11.5 Å². The third-order valence-corrected chi connectivity index (χ3v) is 2.24. The third kappa shape index (κ3) is 4.22. The molecule has 0 saturated heterocycles. The minimum Gasteiger partial charge on any atom is -0.493 e. The molecule has 0 aliphatic carbocycles. The van der Waals surface area contributed by atoms with E-state index in [1.165, 1.54) is 0 Å². The van der Waals surface area contributed by atoms with Gasteiger partial charge >= 0.3 is 0 Å². The second kappa shape index (κ2) is 7.89. The molecule has 0 heterocycles. The minimum absolute atomic E-state index is 0.503. The molecule has 5 nitrogen and oxygen atoms in total. The Balaban J connectivity index is 2.52. The average molecular weight is 241 g/mol. The highest BCUT2D eigenvalue weighted by molar-refractivity contribution is 5.46. The molecule has 0 aromatic heterocycles. The monoisotopic (exact) mass is 241 g/mol. The maximum atomic E-state index is 5.30. The number of hydroxylamine groups is 1. The van der Waals surface area contributed by atoms with Crippen LogP contribution >= 0.6 is 0 Å². The van der Waals surface area contributed by atoms with E-state index in [-0.39, 0.29) is 0 Å². The number of para-hydroxylation sites is 1.